The minimum absolute atomic E-state index is 0.0337. The lowest BCUT2D eigenvalue weighted by Crippen LogP contribution is -2.58. The molecule has 11 heteroatoms. The largest absolute Gasteiger partial charge is 0.488 e. The summed E-state index contributed by atoms with van der Waals surface area (Å²) in [6, 6.07) is 5.65. The highest BCUT2D eigenvalue weighted by atomic mass is 79.9. The van der Waals surface area contributed by atoms with Crippen molar-refractivity contribution >= 4 is 33.8 Å². The number of nitrogens with two attached hydrogens (primary N) is 1. The average molecular weight is 554 g/mol. The summed E-state index contributed by atoms with van der Waals surface area (Å²) in [5.74, 6) is -0.0357. The van der Waals surface area contributed by atoms with E-state index in [4.69, 9.17) is 15.2 Å². The molecule has 3 rings (SSSR count). The molecule has 2 aliphatic heterocycles. The lowest BCUT2D eigenvalue weighted by Gasteiger charge is -2.35. The zero-order valence-corrected chi connectivity index (χ0v) is 22.4. The van der Waals surface area contributed by atoms with Crippen molar-refractivity contribution in [1.82, 2.24) is 20.0 Å². The number of rotatable bonds is 6. The van der Waals surface area contributed by atoms with Gasteiger partial charge in [-0.2, -0.15) is 0 Å². The van der Waals surface area contributed by atoms with Gasteiger partial charge in [-0.3, -0.25) is 14.5 Å². The second-order valence-electron chi connectivity index (χ2n) is 10.0. The summed E-state index contributed by atoms with van der Waals surface area (Å²) < 4.78 is 12.5. The third-order valence-electron chi connectivity index (χ3n) is 5.96. The van der Waals surface area contributed by atoms with Gasteiger partial charge < -0.3 is 30.3 Å². The van der Waals surface area contributed by atoms with Crippen molar-refractivity contribution in [2.24, 2.45) is 5.73 Å². The first-order chi connectivity index (χ1) is 16.5. The second kappa shape index (κ2) is 11.6. The average Bonchev–Trinajstić information content (AvgIpc) is 3.20. The van der Waals surface area contributed by atoms with Gasteiger partial charge in [-0.15, -0.1) is 0 Å². The molecule has 0 unspecified atom stereocenters. The van der Waals surface area contributed by atoms with E-state index in [1.165, 1.54) is 4.90 Å². The Morgan fingerprint density at radius 1 is 1.20 bits per heavy atom. The van der Waals surface area contributed by atoms with Crippen LogP contribution in [0, 0.1) is 0 Å². The van der Waals surface area contributed by atoms with Crippen LogP contribution in [0.3, 0.4) is 0 Å². The van der Waals surface area contributed by atoms with Crippen LogP contribution in [0.1, 0.15) is 27.2 Å². The fourth-order valence-corrected chi connectivity index (χ4v) is 4.50. The Labute approximate surface area is 215 Å². The lowest BCUT2D eigenvalue weighted by molar-refractivity contribution is -0.138. The number of hydrogen-bond acceptors (Lipinski definition) is 7. The molecule has 0 spiro atoms. The summed E-state index contributed by atoms with van der Waals surface area (Å²) in [6.07, 6.45) is -0.762. The quantitative estimate of drug-likeness (QED) is 0.547. The lowest BCUT2D eigenvalue weighted by atomic mass is 10.1. The van der Waals surface area contributed by atoms with E-state index in [0.717, 1.165) is 17.6 Å². The summed E-state index contributed by atoms with van der Waals surface area (Å²) in [5, 5.41) is 2.78. The van der Waals surface area contributed by atoms with Crippen LogP contribution in [0.2, 0.25) is 0 Å². The number of nitrogens with one attached hydrogen (secondary N) is 1. The molecule has 2 aliphatic rings. The normalized spacial score (nSPS) is 22.0. The monoisotopic (exact) mass is 553 g/mol. The Kier molecular flexibility index (Phi) is 9.00. The van der Waals surface area contributed by atoms with Gasteiger partial charge in [0.25, 0.3) is 0 Å². The number of carbonyl (C=O) groups excluding carboxylic acids is 3. The smallest absolute Gasteiger partial charge is 0.411 e. The summed E-state index contributed by atoms with van der Waals surface area (Å²) in [6.45, 7) is 8.14. The van der Waals surface area contributed by atoms with E-state index in [2.05, 4.69) is 26.1 Å². The van der Waals surface area contributed by atoms with Gasteiger partial charge in [0.05, 0.1) is 6.54 Å². The fourth-order valence-electron chi connectivity index (χ4n) is 4.12. The van der Waals surface area contributed by atoms with E-state index in [0.29, 0.717) is 18.8 Å². The van der Waals surface area contributed by atoms with Gasteiger partial charge in [0.15, 0.2) is 0 Å². The molecule has 0 aliphatic carbocycles. The van der Waals surface area contributed by atoms with Gasteiger partial charge in [0, 0.05) is 43.6 Å². The third-order valence-corrected chi connectivity index (χ3v) is 6.45. The van der Waals surface area contributed by atoms with Crippen molar-refractivity contribution in [1.29, 1.82) is 0 Å². The van der Waals surface area contributed by atoms with Crippen LogP contribution in [0.15, 0.2) is 28.7 Å². The van der Waals surface area contributed by atoms with Gasteiger partial charge in [0.2, 0.25) is 11.8 Å². The standard InChI is InChI=1S/C24H36BrN5O5/c1-24(2,3)35-23(33)30-15-18(34-17-7-5-6-16(25)12-17)13-20(30)21(31)27-19(14-26)22(32)29-10-8-28(4)9-11-29/h5-7,12,18-20H,8-11,13-15,26H2,1-4H3,(H,27,31)/t18-,19-,20-/m0/s1. The number of hydrogen-bond donors (Lipinski definition) is 2. The van der Waals surface area contributed by atoms with Gasteiger partial charge >= 0.3 is 6.09 Å². The molecule has 0 saturated carbocycles. The molecule has 35 heavy (non-hydrogen) atoms. The maximum Gasteiger partial charge on any atom is 0.411 e. The molecule has 2 fully saturated rings. The summed E-state index contributed by atoms with van der Waals surface area (Å²) in [7, 11) is 2.00. The summed E-state index contributed by atoms with van der Waals surface area (Å²) >= 11 is 3.42. The van der Waals surface area contributed by atoms with E-state index in [1.54, 1.807) is 25.7 Å². The zero-order chi connectivity index (χ0) is 25.8. The second-order valence-corrected chi connectivity index (χ2v) is 10.9. The number of ether oxygens (including phenoxy) is 2. The molecule has 10 nitrogen and oxygen atoms in total. The number of amides is 3. The predicted octanol–water partition coefficient (Wildman–Crippen LogP) is 1.42. The Morgan fingerprint density at radius 3 is 2.49 bits per heavy atom. The van der Waals surface area contributed by atoms with Crippen LogP contribution in [0.25, 0.3) is 0 Å². The number of nitrogens with zero attached hydrogens (tertiary/aromatic N) is 3. The molecular weight excluding hydrogens is 518 g/mol. The SMILES string of the molecule is CN1CCN(C(=O)[C@H](CN)NC(=O)[C@@H]2C[C@H](Oc3cccc(Br)c3)CN2C(=O)OC(C)(C)C)CC1. The molecule has 2 saturated heterocycles. The van der Waals surface area contributed by atoms with Crippen molar-refractivity contribution in [3.05, 3.63) is 28.7 Å². The van der Waals surface area contributed by atoms with Crippen molar-refractivity contribution < 1.29 is 23.9 Å². The van der Waals surface area contributed by atoms with Crippen LogP contribution >= 0.6 is 15.9 Å². The highest BCUT2D eigenvalue weighted by molar-refractivity contribution is 9.10. The van der Waals surface area contributed by atoms with Crippen LogP contribution in [-0.2, 0) is 14.3 Å². The highest BCUT2D eigenvalue weighted by Crippen LogP contribution is 2.27. The van der Waals surface area contributed by atoms with E-state index in [1.807, 2.05) is 31.3 Å². The van der Waals surface area contributed by atoms with Crippen LogP contribution in [-0.4, -0.2) is 103 Å². The van der Waals surface area contributed by atoms with Crippen molar-refractivity contribution in [3.63, 3.8) is 0 Å². The number of carbonyl (C=O) groups is 3. The van der Waals surface area contributed by atoms with E-state index >= 15 is 0 Å². The number of piperazine rings is 1. The molecule has 3 N–H and O–H groups in total. The minimum atomic E-state index is -0.864. The summed E-state index contributed by atoms with van der Waals surface area (Å²) in [4.78, 5) is 44.5. The topological polar surface area (TPSA) is 117 Å². The van der Waals surface area contributed by atoms with Gasteiger partial charge in [-0.1, -0.05) is 22.0 Å². The Balaban J connectivity index is 1.72. The third kappa shape index (κ3) is 7.55. The molecule has 194 valence electrons. The molecule has 2 heterocycles. The molecule has 3 atom stereocenters. The molecule has 1 aromatic rings. The zero-order valence-electron chi connectivity index (χ0n) is 20.8. The molecular formula is C24H36BrN5O5. The number of benzene rings is 1. The fraction of sp³-hybridized carbons (Fsp3) is 0.625. The first-order valence-electron chi connectivity index (χ1n) is 11.9. The Bertz CT molecular complexity index is 916. The molecule has 1 aromatic carbocycles. The van der Waals surface area contributed by atoms with Gasteiger partial charge in [-0.25, -0.2) is 4.79 Å². The van der Waals surface area contributed by atoms with E-state index in [9.17, 15) is 14.4 Å². The van der Waals surface area contributed by atoms with Gasteiger partial charge in [0.1, 0.15) is 29.5 Å². The molecule has 3 amide bonds. The maximum atomic E-state index is 13.3. The Morgan fingerprint density at radius 2 is 1.89 bits per heavy atom. The number of halogens is 1. The minimum Gasteiger partial charge on any atom is -0.488 e. The first kappa shape index (κ1) is 27.2. The first-order valence-corrected chi connectivity index (χ1v) is 12.7. The van der Waals surface area contributed by atoms with Crippen molar-refractivity contribution in [2.75, 3.05) is 46.3 Å². The summed E-state index contributed by atoms with van der Waals surface area (Å²) in [5.41, 5.74) is 5.15. The van der Waals surface area contributed by atoms with E-state index < -0.39 is 35.8 Å². The predicted molar refractivity (Wildman–Crippen MR) is 135 cm³/mol. The van der Waals surface area contributed by atoms with Crippen molar-refractivity contribution in [3.8, 4) is 5.75 Å². The molecule has 0 aromatic heterocycles. The Hall–Kier alpha value is -2.37. The maximum absolute atomic E-state index is 13.3. The van der Waals surface area contributed by atoms with Crippen LogP contribution < -0.4 is 15.8 Å². The molecule has 0 radical (unpaired) electrons. The van der Waals surface area contributed by atoms with Crippen LogP contribution in [0.4, 0.5) is 4.79 Å². The number of likely N-dealkylation sites (N-methyl/N-ethyl adjacent to an activating group) is 1. The highest BCUT2D eigenvalue weighted by Gasteiger charge is 2.43. The van der Waals surface area contributed by atoms with E-state index in [-0.39, 0.29) is 25.4 Å². The molecule has 0 bridgehead atoms. The van der Waals surface area contributed by atoms with Gasteiger partial charge in [-0.05, 0) is 46.0 Å². The number of likely N-dealkylation sites (tertiary alicyclic amines) is 1. The van der Waals surface area contributed by atoms with Crippen LogP contribution in [0.5, 0.6) is 5.75 Å². The van der Waals surface area contributed by atoms with Crippen molar-refractivity contribution in [2.45, 2.75) is 51.0 Å².